The molecule has 0 aliphatic carbocycles. The smallest absolute Gasteiger partial charge is 0.0864 e. The maximum atomic E-state index is 10.8. The predicted molar refractivity (Wildman–Crippen MR) is 104 cm³/mol. The normalized spacial score (nSPS) is 13.9. The Labute approximate surface area is 146 Å². The summed E-state index contributed by atoms with van der Waals surface area (Å²) in [7, 11) is 0. The summed E-state index contributed by atoms with van der Waals surface area (Å²) in [6, 6.07) is 0. The van der Waals surface area contributed by atoms with Gasteiger partial charge >= 0.3 is 0 Å². The van der Waals surface area contributed by atoms with Crippen LogP contribution in [-0.4, -0.2) is 6.54 Å². The maximum absolute atomic E-state index is 10.8. The maximum Gasteiger partial charge on any atom is 0.0864 e. The van der Waals surface area contributed by atoms with Crippen molar-refractivity contribution in [2.45, 2.75) is 124 Å². The van der Waals surface area contributed by atoms with Gasteiger partial charge in [0.25, 0.3) is 0 Å². The van der Waals surface area contributed by atoms with Crippen LogP contribution < -0.4 is 0 Å². The van der Waals surface area contributed by atoms with Gasteiger partial charge in [-0.25, -0.2) is 0 Å². The minimum absolute atomic E-state index is 0.161. The molecule has 0 saturated carbocycles. The Kier molecular flexibility index (Phi) is 16.2. The minimum atomic E-state index is 0.161. The topological polar surface area (TPSA) is 29.4 Å². The third-order valence-electron chi connectivity index (χ3n) is 5.21. The lowest BCUT2D eigenvalue weighted by Crippen LogP contribution is -2.20. The molecule has 0 spiro atoms. The summed E-state index contributed by atoms with van der Waals surface area (Å²) in [6.07, 6.45) is 21.3. The molecule has 1 unspecified atom stereocenters. The highest BCUT2D eigenvalue weighted by Crippen LogP contribution is 2.32. The molecule has 0 aliphatic rings. The first-order valence-corrected chi connectivity index (χ1v) is 10.5. The van der Waals surface area contributed by atoms with Crippen molar-refractivity contribution < 1.29 is 0 Å². The van der Waals surface area contributed by atoms with Crippen molar-refractivity contribution in [2.75, 3.05) is 6.54 Å². The summed E-state index contributed by atoms with van der Waals surface area (Å²) in [5, 5.41) is 3.23. The highest BCUT2D eigenvalue weighted by atomic mass is 16.3. The molecule has 0 bridgehead atoms. The van der Waals surface area contributed by atoms with Crippen molar-refractivity contribution in [2.24, 2.45) is 10.6 Å². The zero-order valence-corrected chi connectivity index (χ0v) is 16.4. The molecule has 0 saturated heterocycles. The fraction of sp³-hybridized carbons (Fsp3) is 1.00. The van der Waals surface area contributed by atoms with E-state index in [2.05, 4.69) is 25.9 Å². The van der Waals surface area contributed by atoms with Gasteiger partial charge in [0, 0.05) is 0 Å². The fourth-order valence-electron chi connectivity index (χ4n) is 3.46. The van der Waals surface area contributed by atoms with Gasteiger partial charge in [0.15, 0.2) is 0 Å². The molecule has 0 radical (unpaired) electrons. The van der Waals surface area contributed by atoms with Crippen LogP contribution in [-0.2, 0) is 0 Å². The van der Waals surface area contributed by atoms with E-state index in [-0.39, 0.29) is 5.41 Å². The second-order valence-electron chi connectivity index (χ2n) is 7.84. The summed E-state index contributed by atoms with van der Waals surface area (Å²) >= 11 is 0. The van der Waals surface area contributed by atoms with E-state index in [0.29, 0.717) is 6.54 Å². The average Bonchev–Trinajstić information content (AvgIpc) is 2.54. The van der Waals surface area contributed by atoms with Crippen LogP contribution in [0.5, 0.6) is 0 Å². The lowest BCUT2D eigenvalue weighted by molar-refractivity contribution is 0.261. The first-order valence-electron chi connectivity index (χ1n) is 10.5. The van der Waals surface area contributed by atoms with E-state index in [4.69, 9.17) is 0 Å². The van der Waals surface area contributed by atoms with E-state index >= 15 is 0 Å². The molecule has 0 aromatic carbocycles. The number of nitrogens with zero attached hydrogens (tertiary/aromatic N) is 1. The van der Waals surface area contributed by atoms with Crippen LogP contribution in [0.25, 0.3) is 0 Å². The van der Waals surface area contributed by atoms with Crippen molar-refractivity contribution >= 4 is 0 Å². The zero-order valence-electron chi connectivity index (χ0n) is 16.4. The van der Waals surface area contributed by atoms with Gasteiger partial charge in [0.1, 0.15) is 0 Å². The highest BCUT2D eigenvalue weighted by Gasteiger charge is 2.23. The Bertz CT molecular complexity index is 254. The Hall–Kier alpha value is -0.400. The quantitative estimate of drug-likeness (QED) is 0.185. The highest BCUT2D eigenvalue weighted by molar-refractivity contribution is 4.77. The van der Waals surface area contributed by atoms with Crippen LogP contribution in [0.3, 0.4) is 0 Å². The average molecular weight is 326 g/mol. The van der Waals surface area contributed by atoms with Crippen LogP contribution in [0.2, 0.25) is 0 Å². The molecule has 23 heavy (non-hydrogen) atoms. The largest absolute Gasteiger partial charge is 0.151 e. The molecule has 2 heteroatoms. The van der Waals surface area contributed by atoms with Crippen molar-refractivity contribution in [1.82, 2.24) is 0 Å². The monoisotopic (exact) mass is 325 g/mol. The molecule has 0 N–H and O–H groups in total. The molecule has 0 aliphatic heterocycles. The summed E-state index contributed by atoms with van der Waals surface area (Å²) in [6.45, 7) is 7.32. The summed E-state index contributed by atoms with van der Waals surface area (Å²) in [5.74, 6) is 0. The van der Waals surface area contributed by atoms with Crippen molar-refractivity contribution in [3.8, 4) is 0 Å². The van der Waals surface area contributed by atoms with Crippen LogP contribution in [0.15, 0.2) is 5.18 Å². The molecule has 2 nitrogen and oxygen atoms in total. The van der Waals surface area contributed by atoms with Gasteiger partial charge in [-0.2, -0.15) is 4.91 Å². The Balaban J connectivity index is 3.70. The molecule has 0 aromatic heterocycles. The van der Waals surface area contributed by atoms with E-state index in [9.17, 15) is 4.91 Å². The first kappa shape index (κ1) is 22.6. The standard InChI is InChI=1S/C21H43NO/c1-4-6-8-10-12-13-15-17-19-21(3,20-22-23)18-16-14-11-9-7-5-2/h4-20H2,1-3H3. The summed E-state index contributed by atoms with van der Waals surface area (Å²) < 4.78 is 0. The van der Waals surface area contributed by atoms with Gasteiger partial charge in [0.2, 0.25) is 0 Å². The molecular formula is C21H43NO. The van der Waals surface area contributed by atoms with E-state index < -0.39 is 0 Å². The Morgan fingerprint density at radius 2 is 0.957 bits per heavy atom. The third-order valence-corrected chi connectivity index (χ3v) is 5.21. The molecule has 0 fully saturated rings. The summed E-state index contributed by atoms with van der Waals surface area (Å²) in [4.78, 5) is 10.8. The number of nitroso groups, excluding NO2 is 1. The van der Waals surface area contributed by atoms with Gasteiger partial charge in [-0.15, -0.1) is 0 Å². The minimum Gasteiger partial charge on any atom is -0.151 e. The molecule has 0 aromatic rings. The SMILES string of the molecule is CCCCCCCCCCC(C)(CCCCCCCC)CN=O. The second kappa shape index (κ2) is 16.5. The van der Waals surface area contributed by atoms with Gasteiger partial charge < -0.3 is 0 Å². The second-order valence-corrected chi connectivity index (χ2v) is 7.84. The van der Waals surface area contributed by atoms with E-state index in [1.165, 1.54) is 103 Å². The third kappa shape index (κ3) is 14.9. The van der Waals surface area contributed by atoms with Gasteiger partial charge in [0.05, 0.1) is 6.54 Å². The van der Waals surface area contributed by atoms with Crippen LogP contribution in [0.1, 0.15) is 124 Å². The molecule has 138 valence electrons. The lowest BCUT2D eigenvalue weighted by atomic mass is 9.80. The van der Waals surface area contributed by atoms with Crippen LogP contribution >= 0.6 is 0 Å². The van der Waals surface area contributed by atoms with Crippen LogP contribution in [0.4, 0.5) is 0 Å². The fourth-order valence-corrected chi connectivity index (χ4v) is 3.46. The number of unbranched alkanes of at least 4 members (excludes halogenated alkanes) is 12. The van der Waals surface area contributed by atoms with Gasteiger partial charge in [-0.1, -0.05) is 116 Å². The molecular weight excluding hydrogens is 282 g/mol. The Morgan fingerprint density at radius 1 is 0.609 bits per heavy atom. The number of hydrogen-bond acceptors (Lipinski definition) is 2. The molecule has 0 amide bonds. The first-order chi connectivity index (χ1) is 11.2. The zero-order chi connectivity index (χ0) is 17.2. The van der Waals surface area contributed by atoms with Gasteiger partial charge in [-0.3, -0.25) is 0 Å². The number of rotatable bonds is 18. The Morgan fingerprint density at radius 3 is 1.30 bits per heavy atom. The van der Waals surface area contributed by atoms with Crippen molar-refractivity contribution in [1.29, 1.82) is 0 Å². The van der Waals surface area contributed by atoms with E-state index in [1.807, 2.05) is 0 Å². The summed E-state index contributed by atoms with van der Waals surface area (Å²) in [5.41, 5.74) is 0.161. The van der Waals surface area contributed by atoms with Crippen molar-refractivity contribution in [3.63, 3.8) is 0 Å². The van der Waals surface area contributed by atoms with Crippen LogP contribution in [0, 0.1) is 10.3 Å². The molecule has 1 atom stereocenters. The predicted octanol–water partition coefficient (Wildman–Crippen LogP) is 8.04. The number of hydrogen-bond donors (Lipinski definition) is 0. The van der Waals surface area contributed by atoms with Crippen molar-refractivity contribution in [3.05, 3.63) is 4.91 Å². The van der Waals surface area contributed by atoms with Gasteiger partial charge in [-0.05, 0) is 18.3 Å². The molecule has 0 rings (SSSR count). The van der Waals surface area contributed by atoms with E-state index in [1.54, 1.807) is 0 Å². The molecule has 0 heterocycles. The van der Waals surface area contributed by atoms with E-state index in [0.717, 1.165) is 0 Å². The lowest BCUT2D eigenvalue weighted by Gasteiger charge is -2.26.